The second-order valence-corrected chi connectivity index (χ2v) is 7.32. The Kier molecular flexibility index (Phi) is 6.80. The molecule has 0 spiro atoms. The molecule has 0 bridgehead atoms. The summed E-state index contributed by atoms with van der Waals surface area (Å²) in [6.45, 7) is 9.20. The van der Waals surface area contributed by atoms with Crippen LogP contribution < -0.4 is 5.32 Å². The second-order valence-electron chi connectivity index (χ2n) is 6.40. The van der Waals surface area contributed by atoms with Gasteiger partial charge in [-0.25, -0.2) is 0 Å². The summed E-state index contributed by atoms with van der Waals surface area (Å²) in [5.74, 6) is 0.136. The quantitative estimate of drug-likeness (QED) is 0.832. The van der Waals surface area contributed by atoms with Crippen LogP contribution in [-0.4, -0.2) is 60.4 Å². The van der Waals surface area contributed by atoms with E-state index in [1.807, 2.05) is 36.9 Å². The van der Waals surface area contributed by atoms with Crippen molar-refractivity contribution >= 4 is 27.7 Å². The van der Waals surface area contributed by atoms with E-state index in [0.717, 1.165) is 35.1 Å². The van der Waals surface area contributed by atoms with E-state index in [4.69, 9.17) is 0 Å². The highest BCUT2D eigenvalue weighted by Crippen LogP contribution is 2.18. The number of halogens is 1. The van der Waals surface area contributed by atoms with Crippen LogP contribution in [0.1, 0.15) is 36.2 Å². The number of carbonyl (C=O) groups excluding carboxylic acids is 2. The van der Waals surface area contributed by atoms with Gasteiger partial charge in [0.2, 0.25) is 5.91 Å². The Morgan fingerprint density at radius 2 is 1.92 bits per heavy atom. The Balaban J connectivity index is 1.86. The summed E-state index contributed by atoms with van der Waals surface area (Å²) in [5.41, 5.74) is 1.73. The number of rotatable bonds is 5. The third-order valence-corrected chi connectivity index (χ3v) is 4.96. The summed E-state index contributed by atoms with van der Waals surface area (Å²) >= 11 is 3.42. The third kappa shape index (κ3) is 5.05. The molecule has 0 aromatic heterocycles. The molecular formula is C18H26BrN3O2. The van der Waals surface area contributed by atoms with Gasteiger partial charge in [-0.3, -0.25) is 14.5 Å². The van der Waals surface area contributed by atoms with Crippen molar-refractivity contribution in [1.29, 1.82) is 0 Å². The lowest BCUT2D eigenvalue weighted by Gasteiger charge is -2.34. The Labute approximate surface area is 152 Å². The smallest absolute Gasteiger partial charge is 0.254 e. The summed E-state index contributed by atoms with van der Waals surface area (Å²) in [5, 5.41) is 2.98. The fourth-order valence-electron chi connectivity index (χ4n) is 2.77. The Morgan fingerprint density at radius 1 is 1.25 bits per heavy atom. The fraction of sp³-hybridized carbons (Fsp3) is 0.556. The lowest BCUT2D eigenvalue weighted by Crippen LogP contribution is -2.51. The molecule has 6 heteroatoms. The summed E-state index contributed by atoms with van der Waals surface area (Å²) in [7, 11) is 0. The van der Waals surface area contributed by atoms with Crippen LogP contribution in [0.25, 0.3) is 0 Å². The largest absolute Gasteiger partial charge is 0.353 e. The number of benzene rings is 1. The number of carbonyl (C=O) groups is 2. The molecule has 132 valence electrons. The lowest BCUT2D eigenvalue weighted by atomic mass is 10.1. The summed E-state index contributed by atoms with van der Waals surface area (Å²) in [6, 6.07) is 5.94. The number of hydrogen-bond acceptors (Lipinski definition) is 3. The minimum absolute atomic E-state index is 0.0629. The van der Waals surface area contributed by atoms with Gasteiger partial charge >= 0.3 is 0 Å². The molecule has 0 aliphatic carbocycles. The zero-order valence-corrected chi connectivity index (χ0v) is 16.2. The first-order valence-electron chi connectivity index (χ1n) is 8.47. The predicted octanol–water partition coefficient (Wildman–Crippen LogP) is 2.43. The van der Waals surface area contributed by atoms with E-state index in [2.05, 4.69) is 33.1 Å². The molecule has 1 aromatic carbocycles. The van der Waals surface area contributed by atoms with Crippen LogP contribution in [0.2, 0.25) is 0 Å². The minimum atomic E-state index is 0.0629. The standard InChI is InChI=1S/C18H26BrN3O2/c1-4-14(3)20-17(23)12-21-7-9-22(10-8-21)18(24)16-6-5-15(19)11-13(16)2/h5-6,11,14H,4,7-10,12H2,1-3H3,(H,20,23). The molecule has 2 amide bonds. The van der Waals surface area contributed by atoms with E-state index in [1.165, 1.54) is 0 Å². The van der Waals surface area contributed by atoms with Crippen LogP contribution in [-0.2, 0) is 4.79 Å². The minimum Gasteiger partial charge on any atom is -0.353 e. The zero-order chi connectivity index (χ0) is 17.7. The average molecular weight is 396 g/mol. The number of nitrogens with zero attached hydrogens (tertiary/aromatic N) is 2. The number of piperazine rings is 1. The Morgan fingerprint density at radius 3 is 2.50 bits per heavy atom. The topological polar surface area (TPSA) is 52.7 Å². The van der Waals surface area contributed by atoms with Crippen molar-refractivity contribution in [3.05, 3.63) is 33.8 Å². The molecule has 1 heterocycles. The maximum atomic E-state index is 12.7. The second kappa shape index (κ2) is 8.62. The van der Waals surface area contributed by atoms with Crippen LogP contribution in [0.3, 0.4) is 0 Å². The highest BCUT2D eigenvalue weighted by Gasteiger charge is 2.24. The van der Waals surface area contributed by atoms with Crippen LogP contribution in [0.5, 0.6) is 0 Å². The summed E-state index contributed by atoms with van der Waals surface area (Å²) in [4.78, 5) is 28.6. The van der Waals surface area contributed by atoms with Crippen molar-refractivity contribution in [2.24, 2.45) is 0 Å². The first-order chi connectivity index (χ1) is 11.4. The molecule has 1 aliphatic rings. The molecule has 1 aromatic rings. The number of hydrogen-bond donors (Lipinski definition) is 1. The molecule has 1 N–H and O–H groups in total. The van der Waals surface area contributed by atoms with Gasteiger partial charge < -0.3 is 10.2 Å². The van der Waals surface area contributed by atoms with E-state index in [0.29, 0.717) is 19.6 Å². The van der Waals surface area contributed by atoms with Crippen LogP contribution in [0.4, 0.5) is 0 Å². The number of nitrogens with one attached hydrogen (secondary N) is 1. The van der Waals surface area contributed by atoms with E-state index in [-0.39, 0.29) is 17.9 Å². The van der Waals surface area contributed by atoms with E-state index < -0.39 is 0 Å². The first kappa shape index (κ1) is 18.9. The molecule has 1 atom stereocenters. The lowest BCUT2D eigenvalue weighted by molar-refractivity contribution is -0.123. The third-order valence-electron chi connectivity index (χ3n) is 4.47. The van der Waals surface area contributed by atoms with Crippen molar-refractivity contribution in [2.45, 2.75) is 33.2 Å². The maximum absolute atomic E-state index is 12.7. The van der Waals surface area contributed by atoms with Crippen molar-refractivity contribution in [3.8, 4) is 0 Å². The molecule has 1 unspecified atom stereocenters. The molecule has 0 saturated carbocycles. The molecule has 24 heavy (non-hydrogen) atoms. The van der Waals surface area contributed by atoms with Crippen molar-refractivity contribution < 1.29 is 9.59 Å². The normalized spacial score (nSPS) is 16.8. The molecule has 5 nitrogen and oxygen atoms in total. The number of amides is 2. The SMILES string of the molecule is CCC(C)NC(=O)CN1CCN(C(=O)c2ccc(Br)cc2C)CC1. The van der Waals surface area contributed by atoms with Gasteiger partial charge in [0.05, 0.1) is 6.54 Å². The first-order valence-corrected chi connectivity index (χ1v) is 9.27. The predicted molar refractivity (Wildman–Crippen MR) is 99.1 cm³/mol. The molecule has 1 aliphatic heterocycles. The molecule has 1 saturated heterocycles. The molecule has 1 fully saturated rings. The molecule has 0 radical (unpaired) electrons. The van der Waals surface area contributed by atoms with Gasteiger partial charge in [-0.2, -0.15) is 0 Å². The van der Waals surface area contributed by atoms with Gasteiger partial charge in [0.1, 0.15) is 0 Å². The Hall–Kier alpha value is -1.40. The van der Waals surface area contributed by atoms with E-state index >= 15 is 0 Å². The fourth-order valence-corrected chi connectivity index (χ4v) is 3.25. The highest BCUT2D eigenvalue weighted by atomic mass is 79.9. The maximum Gasteiger partial charge on any atom is 0.254 e. The van der Waals surface area contributed by atoms with E-state index in [9.17, 15) is 9.59 Å². The number of aryl methyl sites for hydroxylation is 1. The van der Waals surface area contributed by atoms with Crippen molar-refractivity contribution in [1.82, 2.24) is 15.1 Å². The molecule has 2 rings (SSSR count). The monoisotopic (exact) mass is 395 g/mol. The van der Waals surface area contributed by atoms with Crippen LogP contribution in [0, 0.1) is 6.92 Å². The van der Waals surface area contributed by atoms with Gasteiger partial charge in [-0.1, -0.05) is 22.9 Å². The van der Waals surface area contributed by atoms with Gasteiger partial charge in [0, 0.05) is 42.3 Å². The highest BCUT2D eigenvalue weighted by molar-refractivity contribution is 9.10. The van der Waals surface area contributed by atoms with Gasteiger partial charge in [0.25, 0.3) is 5.91 Å². The summed E-state index contributed by atoms with van der Waals surface area (Å²) in [6.07, 6.45) is 0.931. The van der Waals surface area contributed by atoms with Crippen molar-refractivity contribution in [3.63, 3.8) is 0 Å². The van der Waals surface area contributed by atoms with E-state index in [1.54, 1.807) is 0 Å². The van der Waals surface area contributed by atoms with Crippen LogP contribution in [0.15, 0.2) is 22.7 Å². The molecular weight excluding hydrogens is 370 g/mol. The zero-order valence-electron chi connectivity index (χ0n) is 14.6. The average Bonchev–Trinajstić information content (AvgIpc) is 2.54. The van der Waals surface area contributed by atoms with Gasteiger partial charge in [0.15, 0.2) is 0 Å². The Bertz CT molecular complexity index is 598. The van der Waals surface area contributed by atoms with Gasteiger partial charge in [-0.05, 0) is 44.0 Å². The summed E-state index contributed by atoms with van der Waals surface area (Å²) < 4.78 is 0.980. The van der Waals surface area contributed by atoms with Crippen molar-refractivity contribution in [2.75, 3.05) is 32.7 Å². The van der Waals surface area contributed by atoms with Gasteiger partial charge in [-0.15, -0.1) is 0 Å². The van der Waals surface area contributed by atoms with Crippen LogP contribution >= 0.6 is 15.9 Å².